The monoisotopic (exact) mass is 447 g/mol. The number of aromatic nitrogens is 3. The van der Waals surface area contributed by atoms with Gasteiger partial charge in [-0.25, -0.2) is 8.42 Å². The van der Waals surface area contributed by atoms with Crippen molar-refractivity contribution in [1.82, 2.24) is 20.3 Å². The lowest BCUT2D eigenvalue weighted by molar-refractivity contribution is 0.0952. The number of unbranched alkanes of at least 4 members (excludes halogenated alkanes) is 1. The number of benzene rings is 2. The van der Waals surface area contributed by atoms with Crippen molar-refractivity contribution in [1.29, 1.82) is 0 Å². The van der Waals surface area contributed by atoms with Gasteiger partial charge in [-0.3, -0.25) is 14.2 Å². The molecule has 3 aromatic rings. The Kier molecular flexibility index (Phi) is 7.07. The lowest BCUT2D eigenvalue weighted by Gasteiger charge is -2.11. The first kappa shape index (κ1) is 21.8. The van der Waals surface area contributed by atoms with E-state index < -0.39 is 15.9 Å². The molecule has 0 saturated carbocycles. The Hall–Kier alpha value is -2.91. The molecule has 8 nitrogen and oxygen atoms in total. The molecule has 0 aliphatic heterocycles. The second-order valence-corrected chi connectivity index (χ2v) is 8.84. The number of carbonyl (C=O) groups excluding carboxylic acids is 1. The third-order valence-corrected chi connectivity index (χ3v) is 6.04. The standard InChI is InChI=1S/C20H22ClN5O3S/c1-15-5-4-6-16(13-15)24-30(28,29)17-7-8-19(21)18(14-17)20(27)22-9-2-3-11-26-12-10-23-25-26/h4-8,10,12-14,24H,2-3,9,11H2,1H3,(H,22,27). The van der Waals surface area contributed by atoms with E-state index in [1.54, 1.807) is 35.3 Å². The van der Waals surface area contributed by atoms with Gasteiger partial charge in [-0.2, -0.15) is 0 Å². The number of aryl methyl sites for hydroxylation is 2. The highest BCUT2D eigenvalue weighted by atomic mass is 35.5. The van der Waals surface area contributed by atoms with Crippen LogP contribution >= 0.6 is 11.6 Å². The fourth-order valence-corrected chi connectivity index (χ4v) is 4.09. The van der Waals surface area contributed by atoms with Gasteiger partial charge in [0.1, 0.15) is 0 Å². The third kappa shape index (κ3) is 5.80. The molecule has 0 bridgehead atoms. The third-order valence-electron chi connectivity index (χ3n) is 4.33. The van der Waals surface area contributed by atoms with Crippen LogP contribution < -0.4 is 10.0 Å². The number of hydrogen-bond acceptors (Lipinski definition) is 5. The summed E-state index contributed by atoms with van der Waals surface area (Å²) in [7, 11) is -3.86. The zero-order valence-corrected chi connectivity index (χ0v) is 17.9. The first-order chi connectivity index (χ1) is 14.3. The van der Waals surface area contributed by atoms with Gasteiger partial charge in [0, 0.05) is 25.0 Å². The molecule has 0 fully saturated rings. The first-order valence-corrected chi connectivity index (χ1v) is 11.2. The molecule has 1 amide bonds. The van der Waals surface area contributed by atoms with Crippen LogP contribution in [0.3, 0.4) is 0 Å². The summed E-state index contributed by atoms with van der Waals surface area (Å²) in [5.74, 6) is -0.423. The van der Waals surface area contributed by atoms with Crippen molar-refractivity contribution in [3.05, 3.63) is 71.0 Å². The molecule has 3 rings (SSSR count). The van der Waals surface area contributed by atoms with Crippen molar-refractivity contribution in [2.75, 3.05) is 11.3 Å². The largest absolute Gasteiger partial charge is 0.352 e. The summed E-state index contributed by atoms with van der Waals surface area (Å²) >= 11 is 6.14. The minimum atomic E-state index is -3.86. The fraction of sp³-hybridized carbons (Fsp3) is 0.250. The number of hydrogen-bond donors (Lipinski definition) is 2. The summed E-state index contributed by atoms with van der Waals surface area (Å²) < 4.78 is 29.7. The first-order valence-electron chi connectivity index (χ1n) is 9.36. The van der Waals surface area contributed by atoms with Gasteiger partial charge in [0.05, 0.1) is 21.7 Å². The van der Waals surface area contributed by atoms with Crippen molar-refractivity contribution in [2.24, 2.45) is 0 Å². The Morgan fingerprint density at radius 1 is 1.17 bits per heavy atom. The van der Waals surface area contributed by atoms with Crippen LogP contribution in [-0.4, -0.2) is 35.9 Å². The SMILES string of the molecule is Cc1cccc(NS(=O)(=O)c2ccc(Cl)c(C(=O)NCCCCn3ccnn3)c2)c1. The van der Waals surface area contributed by atoms with Crippen LogP contribution in [0.15, 0.2) is 59.8 Å². The van der Waals surface area contributed by atoms with E-state index in [-0.39, 0.29) is 15.5 Å². The van der Waals surface area contributed by atoms with Crippen LogP contribution in [0.2, 0.25) is 5.02 Å². The lowest BCUT2D eigenvalue weighted by Crippen LogP contribution is -2.25. The van der Waals surface area contributed by atoms with E-state index >= 15 is 0 Å². The normalized spacial score (nSPS) is 11.3. The molecule has 0 aliphatic rings. The molecule has 0 saturated heterocycles. The number of amides is 1. The van der Waals surface area contributed by atoms with Crippen molar-refractivity contribution in [3.63, 3.8) is 0 Å². The van der Waals surface area contributed by atoms with E-state index in [1.165, 1.54) is 18.2 Å². The molecule has 10 heteroatoms. The molecule has 0 aliphatic carbocycles. The highest BCUT2D eigenvalue weighted by molar-refractivity contribution is 7.92. The summed E-state index contributed by atoms with van der Waals surface area (Å²) in [6, 6.07) is 11.1. The van der Waals surface area contributed by atoms with Gasteiger partial charge in [0.2, 0.25) is 0 Å². The Morgan fingerprint density at radius 2 is 2.00 bits per heavy atom. The van der Waals surface area contributed by atoms with Crippen molar-refractivity contribution >= 4 is 33.2 Å². The Labute approximate surface area is 180 Å². The average molecular weight is 448 g/mol. The van der Waals surface area contributed by atoms with Gasteiger partial charge in [-0.15, -0.1) is 5.10 Å². The molecule has 0 atom stereocenters. The summed E-state index contributed by atoms with van der Waals surface area (Å²) in [5.41, 5.74) is 1.48. The molecular formula is C20H22ClN5O3S. The predicted molar refractivity (Wildman–Crippen MR) is 115 cm³/mol. The van der Waals surface area contributed by atoms with Gasteiger partial charge in [0.25, 0.3) is 15.9 Å². The second kappa shape index (κ2) is 9.73. The van der Waals surface area contributed by atoms with Gasteiger partial charge in [0.15, 0.2) is 0 Å². The Balaban J connectivity index is 1.62. The molecule has 1 aromatic heterocycles. The van der Waals surface area contributed by atoms with E-state index in [0.717, 1.165) is 18.4 Å². The van der Waals surface area contributed by atoms with Crippen LogP contribution in [0.1, 0.15) is 28.8 Å². The van der Waals surface area contributed by atoms with Crippen LogP contribution in [0.4, 0.5) is 5.69 Å². The summed E-state index contributed by atoms with van der Waals surface area (Å²) in [6.45, 7) is 3.01. The molecule has 30 heavy (non-hydrogen) atoms. The molecule has 1 heterocycles. The highest BCUT2D eigenvalue weighted by Gasteiger charge is 2.19. The molecule has 0 unspecified atom stereocenters. The van der Waals surface area contributed by atoms with Crippen molar-refractivity contribution in [2.45, 2.75) is 31.2 Å². The fourth-order valence-electron chi connectivity index (χ4n) is 2.82. The van der Waals surface area contributed by atoms with Gasteiger partial charge >= 0.3 is 0 Å². The van der Waals surface area contributed by atoms with E-state index in [1.807, 2.05) is 13.0 Å². The Morgan fingerprint density at radius 3 is 2.73 bits per heavy atom. The number of carbonyl (C=O) groups is 1. The number of nitrogens with one attached hydrogen (secondary N) is 2. The van der Waals surface area contributed by atoms with Crippen molar-refractivity contribution in [3.8, 4) is 0 Å². The number of nitrogens with zero attached hydrogens (tertiary/aromatic N) is 3. The molecule has 0 radical (unpaired) electrons. The maximum atomic E-state index is 12.7. The molecule has 158 valence electrons. The van der Waals surface area contributed by atoms with E-state index in [2.05, 4.69) is 20.4 Å². The quantitative estimate of drug-likeness (QED) is 0.490. The highest BCUT2D eigenvalue weighted by Crippen LogP contribution is 2.23. The van der Waals surface area contributed by atoms with Gasteiger partial charge < -0.3 is 5.32 Å². The van der Waals surface area contributed by atoms with E-state index in [4.69, 9.17) is 11.6 Å². The lowest BCUT2D eigenvalue weighted by atomic mass is 10.2. The second-order valence-electron chi connectivity index (χ2n) is 6.75. The molecule has 2 aromatic carbocycles. The topological polar surface area (TPSA) is 106 Å². The minimum Gasteiger partial charge on any atom is -0.352 e. The molecule has 2 N–H and O–H groups in total. The predicted octanol–water partition coefficient (Wildman–Crippen LogP) is 3.25. The van der Waals surface area contributed by atoms with Crippen molar-refractivity contribution < 1.29 is 13.2 Å². The molecule has 0 spiro atoms. The smallest absolute Gasteiger partial charge is 0.261 e. The summed E-state index contributed by atoms with van der Waals surface area (Å²) in [5, 5.41) is 10.6. The van der Waals surface area contributed by atoms with Gasteiger partial charge in [-0.05, 0) is 55.7 Å². The van der Waals surface area contributed by atoms with Gasteiger partial charge in [-0.1, -0.05) is 28.9 Å². The number of sulfonamides is 1. The van der Waals surface area contributed by atoms with Crippen LogP contribution in [0.25, 0.3) is 0 Å². The van der Waals surface area contributed by atoms with E-state index in [9.17, 15) is 13.2 Å². The maximum absolute atomic E-state index is 12.7. The minimum absolute atomic E-state index is 0.0373. The maximum Gasteiger partial charge on any atom is 0.261 e. The van der Waals surface area contributed by atoms with Crippen LogP contribution in [-0.2, 0) is 16.6 Å². The molecular weight excluding hydrogens is 426 g/mol. The zero-order valence-electron chi connectivity index (χ0n) is 16.4. The van der Waals surface area contributed by atoms with E-state index in [0.29, 0.717) is 18.8 Å². The summed E-state index contributed by atoms with van der Waals surface area (Å²) in [4.78, 5) is 12.5. The number of halogens is 1. The van der Waals surface area contributed by atoms with Crippen LogP contribution in [0.5, 0.6) is 0 Å². The number of rotatable bonds is 9. The summed E-state index contributed by atoms with van der Waals surface area (Å²) in [6.07, 6.45) is 4.93. The Bertz CT molecular complexity index is 1120. The van der Waals surface area contributed by atoms with Crippen LogP contribution in [0, 0.1) is 6.92 Å². The zero-order chi connectivity index (χ0) is 21.6. The average Bonchev–Trinajstić information content (AvgIpc) is 3.21. The number of anilines is 1.